The lowest BCUT2D eigenvalue weighted by molar-refractivity contribution is -0.384. The average molecular weight is 466 g/mol. The maximum Gasteiger partial charge on any atom is 0.355 e. The second-order valence-corrected chi connectivity index (χ2v) is 6.82. The number of hydrogen-bond acceptors (Lipinski definition) is 5. The van der Waals surface area contributed by atoms with Crippen LogP contribution in [0.3, 0.4) is 0 Å². The van der Waals surface area contributed by atoms with Crippen molar-refractivity contribution in [3.8, 4) is 17.2 Å². The van der Waals surface area contributed by atoms with Crippen molar-refractivity contribution in [3.63, 3.8) is 0 Å². The molecule has 0 saturated heterocycles. The van der Waals surface area contributed by atoms with Crippen LogP contribution in [0, 0.1) is 17.0 Å². The van der Waals surface area contributed by atoms with Crippen LogP contribution in [0.2, 0.25) is 15.1 Å². The highest BCUT2D eigenvalue weighted by atomic mass is 35.5. The first kappa shape index (κ1) is 21.0. The fourth-order valence-corrected chi connectivity index (χ4v) is 3.14. The largest absolute Gasteiger partial charge is 0.454 e. The highest BCUT2D eigenvalue weighted by Gasteiger charge is 2.21. The number of benzene rings is 2. The first-order valence-corrected chi connectivity index (χ1v) is 8.81. The summed E-state index contributed by atoms with van der Waals surface area (Å²) < 4.78 is 32.6. The molecule has 0 amide bonds. The summed E-state index contributed by atoms with van der Waals surface area (Å²) in [6.07, 6.45) is 0. The summed E-state index contributed by atoms with van der Waals surface area (Å²) in [5.41, 5.74) is -1.41. The first-order chi connectivity index (χ1) is 13.6. The number of nitrogens with zero attached hydrogens (tertiary/aromatic N) is 4. The molecule has 3 rings (SSSR count). The molecular weight excluding hydrogens is 457 g/mol. The Labute approximate surface area is 175 Å². The molecule has 0 unspecified atom stereocenters. The van der Waals surface area contributed by atoms with E-state index in [2.05, 4.69) is 5.10 Å². The number of ether oxygens (including phenoxy) is 1. The molecule has 0 atom stereocenters. The van der Waals surface area contributed by atoms with Crippen molar-refractivity contribution in [2.75, 3.05) is 0 Å². The van der Waals surface area contributed by atoms with Gasteiger partial charge in [-0.25, -0.2) is 9.36 Å². The summed E-state index contributed by atoms with van der Waals surface area (Å²) in [6.45, 7) is -1.85. The summed E-state index contributed by atoms with van der Waals surface area (Å²) in [7, 11) is 0. The number of nitro benzene ring substituents is 1. The molecule has 3 aromatic rings. The SMILES string of the molecule is Cc1nn(-c2cc(Oc3ccc([N+](=O)[O-])cc3Cl)c(Cl)cc2Cl)c(=O)n1C(F)F. The van der Waals surface area contributed by atoms with Gasteiger partial charge < -0.3 is 4.74 Å². The number of hydrogen-bond donors (Lipinski definition) is 0. The Morgan fingerprint density at radius 3 is 2.31 bits per heavy atom. The highest BCUT2D eigenvalue weighted by Crippen LogP contribution is 2.38. The zero-order chi connectivity index (χ0) is 21.5. The monoisotopic (exact) mass is 464 g/mol. The van der Waals surface area contributed by atoms with Crippen molar-refractivity contribution < 1.29 is 18.4 Å². The average Bonchev–Trinajstić information content (AvgIpc) is 2.92. The van der Waals surface area contributed by atoms with Gasteiger partial charge in [-0.2, -0.15) is 13.5 Å². The fraction of sp³-hybridized carbons (Fsp3) is 0.125. The highest BCUT2D eigenvalue weighted by molar-refractivity contribution is 6.36. The molecule has 8 nitrogen and oxygen atoms in total. The zero-order valence-corrected chi connectivity index (χ0v) is 16.5. The van der Waals surface area contributed by atoms with Crippen LogP contribution in [0.4, 0.5) is 14.5 Å². The standard InChI is InChI=1S/C16H9Cl3F2N4O4/c1-7-22-24(16(26)23(7)15(20)21)12-6-14(11(19)5-9(12)17)29-13-3-2-8(25(27)28)4-10(13)18/h2-6,15H,1H3. The number of alkyl halides is 2. The van der Waals surface area contributed by atoms with Gasteiger partial charge in [-0.3, -0.25) is 10.1 Å². The number of non-ortho nitro benzene ring substituents is 1. The van der Waals surface area contributed by atoms with Crippen LogP contribution < -0.4 is 10.4 Å². The third kappa shape index (κ3) is 4.04. The van der Waals surface area contributed by atoms with Gasteiger partial charge in [0.05, 0.1) is 25.7 Å². The van der Waals surface area contributed by atoms with E-state index < -0.39 is 17.2 Å². The van der Waals surface area contributed by atoms with E-state index >= 15 is 0 Å². The Bertz CT molecular complexity index is 1180. The van der Waals surface area contributed by atoms with Crippen molar-refractivity contribution in [1.29, 1.82) is 0 Å². The van der Waals surface area contributed by atoms with Gasteiger partial charge in [-0.05, 0) is 19.1 Å². The van der Waals surface area contributed by atoms with Crippen LogP contribution in [0.25, 0.3) is 5.69 Å². The quantitative estimate of drug-likeness (QED) is 0.372. The van der Waals surface area contributed by atoms with Gasteiger partial charge in [0.15, 0.2) is 0 Å². The molecule has 0 saturated carbocycles. The summed E-state index contributed by atoms with van der Waals surface area (Å²) >= 11 is 18.2. The molecule has 1 aromatic heterocycles. The van der Waals surface area contributed by atoms with Gasteiger partial charge in [0.1, 0.15) is 17.3 Å². The van der Waals surface area contributed by atoms with E-state index in [1.807, 2.05) is 0 Å². The predicted molar refractivity (Wildman–Crippen MR) is 102 cm³/mol. The minimum Gasteiger partial charge on any atom is -0.454 e. The molecule has 0 aliphatic carbocycles. The number of halogens is 5. The summed E-state index contributed by atoms with van der Waals surface area (Å²) in [5.74, 6) is -0.219. The minimum absolute atomic E-state index is 0.0197. The molecule has 0 aliphatic heterocycles. The van der Waals surface area contributed by atoms with E-state index in [-0.39, 0.29) is 48.3 Å². The van der Waals surface area contributed by atoms with Gasteiger partial charge in [-0.1, -0.05) is 34.8 Å². The molecule has 0 N–H and O–H groups in total. The zero-order valence-electron chi connectivity index (χ0n) is 14.3. The Balaban J connectivity index is 2.07. The van der Waals surface area contributed by atoms with Crippen molar-refractivity contribution in [1.82, 2.24) is 14.3 Å². The molecule has 0 fully saturated rings. The lowest BCUT2D eigenvalue weighted by atomic mass is 10.2. The van der Waals surface area contributed by atoms with Gasteiger partial charge in [0, 0.05) is 18.2 Å². The Morgan fingerprint density at radius 1 is 1.10 bits per heavy atom. The van der Waals surface area contributed by atoms with Gasteiger partial charge >= 0.3 is 12.2 Å². The second-order valence-electron chi connectivity index (χ2n) is 5.60. The molecule has 0 spiro atoms. The van der Waals surface area contributed by atoms with E-state index in [1.165, 1.54) is 31.2 Å². The van der Waals surface area contributed by atoms with Crippen LogP contribution >= 0.6 is 34.8 Å². The number of nitro groups is 1. The molecule has 13 heteroatoms. The van der Waals surface area contributed by atoms with Crippen LogP contribution in [0.1, 0.15) is 12.4 Å². The number of aromatic nitrogens is 3. The minimum atomic E-state index is -3.09. The van der Waals surface area contributed by atoms with Gasteiger partial charge in [0.2, 0.25) is 0 Å². The fourth-order valence-electron chi connectivity index (χ4n) is 2.42. The van der Waals surface area contributed by atoms with Crippen molar-refractivity contribution >= 4 is 40.5 Å². The maximum absolute atomic E-state index is 13.1. The smallest absolute Gasteiger partial charge is 0.355 e. The number of aryl methyl sites for hydroxylation is 1. The molecule has 2 aromatic carbocycles. The maximum atomic E-state index is 13.1. The van der Waals surface area contributed by atoms with Crippen molar-refractivity contribution in [2.24, 2.45) is 0 Å². The second kappa shape index (κ2) is 7.97. The lowest BCUT2D eigenvalue weighted by Crippen LogP contribution is -2.25. The van der Waals surface area contributed by atoms with E-state index in [0.29, 0.717) is 4.68 Å². The molecule has 0 aliphatic rings. The molecule has 1 heterocycles. The molecule has 0 bridgehead atoms. The Morgan fingerprint density at radius 2 is 1.76 bits per heavy atom. The lowest BCUT2D eigenvalue weighted by Gasteiger charge is -2.12. The predicted octanol–water partition coefficient (Wildman–Crippen LogP) is 5.40. The van der Waals surface area contributed by atoms with Gasteiger partial charge in [0.25, 0.3) is 5.69 Å². The Hall–Kier alpha value is -2.69. The number of rotatable bonds is 5. The third-order valence-corrected chi connectivity index (χ3v) is 4.65. The molecule has 29 heavy (non-hydrogen) atoms. The first-order valence-electron chi connectivity index (χ1n) is 7.67. The van der Waals surface area contributed by atoms with Crippen LogP contribution in [0.15, 0.2) is 35.1 Å². The van der Waals surface area contributed by atoms with Crippen LogP contribution in [-0.2, 0) is 0 Å². The van der Waals surface area contributed by atoms with Crippen molar-refractivity contribution in [2.45, 2.75) is 13.5 Å². The van der Waals surface area contributed by atoms with E-state index in [4.69, 9.17) is 39.5 Å². The summed E-state index contributed by atoms with van der Waals surface area (Å²) in [6, 6.07) is 5.96. The molecular formula is C16H9Cl3F2N4O4. The normalized spacial score (nSPS) is 11.1. The van der Waals surface area contributed by atoms with E-state index in [9.17, 15) is 23.7 Å². The third-order valence-electron chi connectivity index (χ3n) is 3.75. The molecule has 0 radical (unpaired) electrons. The van der Waals surface area contributed by atoms with Crippen LogP contribution in [0.5, 0.6) is 11.5 Å². The summed E-state index contributed by atoms with van der Waals surface area (Å²) in [5, 5.41) is 14.5. The molecule has 152 valence electrons. The topological polar surface area (TPSA) is 92.2 Å². The summed E-state index contributed by atoms with van der Waals surface area (Å²) in [4.78, 5) is 22.4. The van der Waals surface area contributed by atoms with E-state index in [0.717, 1.165) is 6.07 Å². The van der Waals surface area contributed by atoms with Crippen LogP contribution in [-0.4, -0.2) is 19.3 Å². The Kier molecular flexibility index (Phi) is 5.78. The van der Waals surface area contributed by atoms with Crippen molar-refractivity contribution in [3.05, 3.63) is 71.8 Å². The van der Waals surface area contributed by atoms with Gasteiger partial charge in [-0.15, -0.1) is 5.10 Å². The van der Waals surface area contributed by atoms with E-state index in [1.54, 1.807) is 0 Å².